The molecule has 7 nitrogen and oxygen atoms in total. The van der Waals surface area contributed by atoms with Gasteiger partial charge < -0.3 is 19.2 Å². The highest BCUT2D eigenvalue weighted by Gasteiger charge is 2.12. The number of carboxylic acid groups (broad SMARTS) is 1. The number of methoxy groups -OCH3 is 1. The van der Waals surface area contributed by atoms with Crippen molar-refractivity contribution in [2.24, 2.45) is 0 Å². The molecule has 0 amide bonds. The van der Waals surface area contributed by atoms with Crippen LogP contribution in [0.3, 0.4) is 0 Å². The maximum Gasteiger partial charge on any atom is 0.335 e. The summed E-state index contributed by atoms with van der Waals surface area (Å²) < 4.78 is 9.90. The molecule has 0 saturated carbocycles. The van der Waals surface area contributed by atoms with Crippen molar-refractivity contribution in [2.75, 3.05) is 7.11 Å². The van der Waals surface area contributed by atoms with Gasteiger partial charge in [0.25, 0.3) is 0 Å². The van der Waals surface area contributed by atoms with Gasteiger partial charge in [-0.25, -0.2) is 9.78 Å². The Bertz CT molecular complexity index is 613. The summed E-state index contributed by atoms with van der Waals surface area (Å²) in [6.07, 6.45) is 1.32. The summed E-state index contributed by atoms with van der Waals surface area (Å²) in [4.78, 5) is 28.3. The number of hydrogen-bond acceptors (Lipinski definition) is 5. The van der Waals surface area contributed by atoms with E-state index in [2.05, 4.69) is 9.97 Å². The maximum atomic E-state index is 11.2. The van der Waals surface area contributed by atoms with Gasteiger partial charge >= 0.3 is 11.9 Å². The van der Waals surface area contributed by atoms with E-state index >= 15 is 0 Å². The molecule has 0 aliphatic heterocycles. The van der Waals surface area contributed by atoms with Gasteiger partial charge in [0, 0.05) is 6.07 Å². The molecule has 0 aliphatic carbocycles. The molecule has 88 valence electrons. The largest absolute Gasteiger partial charge is 0.478 e. The topological polar surface area (TPSA) is 105 Å². The second kappa shape index (κ2) is 4.12. The molecule has 2 aromatic rings. The number of aromatic amines is 1. The van der Waals surface area contributed by atoms with E-state index in [9.17, 15) is 9.59 Å². The second-order valence-corrected chi connectivity index (χ2v) is 3.14. The third-order valence-electron chi connectivity index (χ3n) is 2.01. The Morgan fingerprint density at radius 2 is 2.29 bits per heavy atom. The monoisotopic (exact) mass is 236 g/mol. The van der Waals surface area contributed by atoms with Gasteiger partial charge in [-0.1, -0.05) is 0 Å². The summed E-state index contributed by atoms with van der Waals surface area (Å²) >= 11 is 0. The van der Waals surface area contributed by atoms with E-state index in [1.54, 1.807) is 0 Å². The Hall–Kier alpha value is -2.57. The zero-order valence-electron chi connectivity index (χ0n) is 8.76. The molecule has 2 heterocycles. The molecule has 0 spiro atoms. The number of oxazole rings is 1. The van der Waals surface area contributed by atoms with Gasteiger partial charge in [-0.15, -0.1) is 0 Å². The van der Waals surface area contributed by atoms with Crippen LogP contribution in [0.1, 0.15) is 10.4 Å². The lowest BCUT2D eigenvalue weighted by Gasteiger charge is -1.97. The first-order valence-electron chi connectivity index (χ1n) is 4.58. The highest BCUT2D eigenvalue weighted by molar-refractivity contribution is 5.88. The highest BCUT2D eigenvalue weighted by Crippen LogP contribution is 2.20. The zero-order valence-corrected chi connectivity index (χ0v) is 8.76. The van der Waals surface area contributed by atoms with Crippen LogP contribution in [0.15, 0.2) is 27.5 Å². The Labute approximate surface area is 94.7 Å². The number of nitrogens with one attached hydrogen (secondary N) is 1. The van der Waals surface area contributed by atoms with Crippen molar-refractivity contribution in [2.45, 2.75) is 0 Å². The smallest absolute Gasteiger partial charge is 0.335 e. The van der Waals surface area contributed by atoms with E-state index in [4.69, 9.17) is 14.3 Å². The lowest BCUT2D eigenvalue weighted by atomic mass is 10.2. The normalized spacial score (nSPS) is 10.2. The summed E-state index contributed by atoms with van der Waals surface area (Å²) in [5, 5.41) is 8.80. The number of carbonyl (C=O) groups is 1. The predicted octanol–water partition coefficient (Wildman–Crippen LogP) is 0.737. The quantitative estimate of drug-likeness (QED) is 0.814. The number of aromatic nitrogens is 2. The lowest BCUT2D eigenvalue weighted by molar-refractivity contribution is 0.0696. The van der Waals surface area contributed by atoms with Crippen molar-refractivity contribution in [1.29, 1.82) is 0 Å². The van der Waals surface area contributed by atoms with Crippen LogP contribution < -0.4 is 10.3 Å². The molecule has 2 aromatic heterocycles. The second-order valence-electron chi connectivity index (χ2n) is 3.14. The number of H-pyrrole nitrogens is 1. The third-order valence-corrected chi connectivity index (χ3v) is 2.01. The van der Waals surface area contributed by atoms with Gasteiger partial charge in [-0.05, 0) is 6.07 Å². The Morgan fingerprint density at radius 3 is 2.88 bits per heavy atom. The van der Waals surface area contributed by atoms with Gasteiger partial charge in [-0.3, -0.25) is 4.79 Å². The summed E-state index contributed by atoms with van der Waals surface area (Å²) in [5.41, 5.74) is -0.504. The van der Waals surface area contributed by atoms with Crippen LogP contribution in [0.4, 0.5) is 0 Å². The van der Waals surface area contributed by atoms with E-state index in [0.29, 0.717) is 0 Å². The molecular weight excluding hydrogens is 228 g/mol. The third kappa shape index (κ3) is 2.17. The molecule has 7 heteroatoms. The van der Waals surface area contributed by atoms with Crippen LogP contribution in [-0.2, 0) is 0 Å². The molecule has 0 fully saturated rings. The van der Waals surface area contributed by atoms with E-state index in [1.165, 1.54) is 19.4 Å². The summed E-state index contributed by atoms with van der Waals surface area (Å²) in [6.45, 7) is 0. The number of carboxylic acids is 1. The van der Waals surface area contributed by atoms with Crippen molar-refractivity contribution in [3.8, 4) is 17.5 Å². The average molecular weight is 236 g/mol. The molecule has 0 bridgehead atoms. The van der Waals surface area contributed by atoms with Crippen LogP contribution in [0, 0.1) is 0 Å². The fourth-order valence-electron chi connectivity index (χ4n) is 1.26. The van der Waals surface area contributed by atoms with Gasteiger partial charge in [0.1, 0.15) is 11.9 Å². The van der Waals surface area contributed by atoms with Crippen molar-refractivity contribution in [3.63, 3.8) is 0 Å². The molecule has 2 rings (SSSR count). The fourth-order valence-corrected chi connectivity index (χ4v) is 1.26. The van der Waals surface area contributed by atoms with Crippen molar-refractivity contribution in [1.82, 2.24) is 9.97 Å². The first-order chi connectivity index (χ1) is 8.10. The predicted molar refractivity (Wildman–Crippen MR) is 56.1 cm³/mol. The number of ether oxygens (including phenoxy) is 1. The van der Waals surface area contributed by atoms with E-state index < -0.39 is 11.5 Å². The average Bonchev–Trinajstić information content (AvgIpc) is 2.76. The Kier molecular flexibility index (Phi) is 2.65. The number of hydrogen-bond donors (Lipinski definition) is 2. The molecule has 0 saturated heterocycles. The molecule has 17 heavy (non-hydrogen) atoms. The zero-order chi connectivity index (χ0) is 12.4. The number of rotatable bonds is 3. The summed E-state index contributed by atoms with van der Waals surface area (Å²) in [7, 11) is 1.40. The lowest BCUT2D eigenvalue weighted by Crippen LogP contribution is -2.10. The molecule has 0 atom stereocenters. The molecule has 0 unspecified atom stereocenters. The molecular formula is C10H8N2O5. The fraction of sp³-hybridized carbons (Fsp3) is 0.100. The highest BCUT2D eigenvalue weighted by atomic mass is 16.6. The van der Waals surface area contributed by atoms with Crippen LogP contribution in [0.25, 0.3) is 11.6 Å². The molecule has 2 N–H and O–H groups in total. The van der Waals surface area contributed by atoms with Crippen LogP contribution in [0.2, 0.25) is 0 Å². The van der Waals surface area contributed by atoms with Crippen LogP contribution in [0.5, 0.6) is 5.95 Å². The SMILES string of the molecule is COc1cnc(-c2cc(C(=O)O)cc(=O)[nH]2)o1. The van der Waals surface area contributed by atoms with Crippen molar-refractivity contribution < 1.29 is 19.1 Å². The summed E-state index contributed by atoms with van der Waals surface area (Å²) in [6, 6.07) is 2.24. The Balaban J connectivity index is 2.51. The Morgan fingerprint density at radius 1 is 1.53 bits per heavy atom. The van der Waals surface area contributed by atoms with Gasteiger partial charge in [-0.2, -0.15) is 0 Å². The van der Waals surface area contributed by atoms with Crippen LogP contribution in [-0.4, -0.2) is 28.2 Å². The minimum atomic E-state index is -1.20. The first kappa shape index (κ1) is 10.9. The van der Waals surface area contributed by atoms with Gasteiger partial charge in [0.2, 0.25) is 11.4 Å². The first-order valence-corrected chi connectivity index (χ1v) is 4.58. The van der Waals surface area contributed by atoms with Gasteiger partial charge in [0.05, 0.1) is 12.7 Å². The molecule has 0 aliphatic rings. The minimum Gasteiger partial charge on any atom is -0.478 e. The molecule has 0 radical (unpaired) electrons. The van der Waals surface area contributed by atoms with Crippen molar-refractivity contribution in [3.05, 3.63) is 34.2 Å². The summed E-state index contributed by atoms with van der Waals surface area (Å²) in [5.74, 6) is -0.945. The van der Waals surface area contributed by atoms with E-state index in [0.717, 1.165) is 6.07 Å². The van der Waals surface area contributed by atoms with Crippen molar-refractivity contribution >= 4 is 5.97 Å². The number of pyridine rings is 1. The number of aromatic carboxylic acids is 1. The minimum absolute atomic E-state index is 0.0852. The molecule has 0 aromatic carbocycles. The van der Waals surface area contributed by atoms with E-state index in [1.807, 2.05) is 0 Å². The van der Waals surface area contributed by atoms with E-state index in [-0.39, 0.29) is 23.1 Å². The van der Waals surface area contributed by atoms with Gasteiger partial charge in [0.15, 0.2) is 0 Å². The number of nitrogens with zero attached hydrogens (tertiary/aromatic N) is 1. The van der Waals surface area contributed by atoms with Crippen LogP contribution >= 0.6 is 0 Å². The maximum absolute atomic E-state index is 11.2. The standard InChI is InChI=1S/C10H8N2O5/c1-16-8-4-11-9(17-8)6-2-5(10(14)15)3-7(13)12-6/h2-4H,1H3,(H,12,13)(H,14,15).